The van der Waals surface area contributed by atoms with Crippen molar-refractivity contribution in [3.63, 3.8) is 0 Å². The molecule has 0 saturated carbocycles. The third kappa shape index (κ3) is 3.69. The zero-order valence-electron chi connectivity index (χ0n) is 10.00. The van der Waals surface area contributed by atoms with E-state index in [1.54, 1.807) is 12.1 Å². The summed E-state index contributed by atoms with van der Waals surface area (Å²) in [5.41, 5.74) is 0.514. The Morgan fingerprint density at radius 3 is 2.70 bits per heavy atom. The van der Waals surface area contributed by atoms with E-state index >= 15 is 0 Å². The van der Waals surface area contributed by atoms with Gasteiger partial charge in [-0.15, -0.1) is 0 Å². The first-order chi connectivity index (χ1) is 9.56. The maximum absolute atomic E-state index is 11.6. The molecule has 0 fully saturated rings. The Balaban J connectivity index is 1.96. The molecular weight excluding hydrogens is 304 g/mol. The predicted molar refractivity (Wildman–Crippen MR) is 74.3 cm³/mol. The molecule has 1 aromatic heterocycles. The summed E-state index contributed by atoms with van der Waals surface area (Å²) >= 11 is 6.47. The molecule has 0 bridgehead atoms. The Morgan fingerprint density at radius 2 is 2.05 bits per heavy atom. The molecule has 1 amide bonds. The Labute approximate surface area is 123 Å². The average Bonchev–Trinajstić information content (AvgIpc) is 2.79. The van der Waals surface area contributed by atoms with Crippen molar-refractivity contribution in [2.24, 2.45) is 0 Å². The SMILES string of the molecule is O=C(Nc1sc(Cl)nc1C(=O)O)OCc1ccccc1. The number of benzene rings is 1. The molecule has 0 radical (unpaired) electrons. The smallest absolute Gasteiger partial charge is 0.412 e. The van der Waals surface area contributed by atoms with Crippen LogP contribution < -0.4 is 5.32 Å². The number of aromatic carboxylic acids is 1. The molecule has 0 aliphatic heterocycles. The molecule has 0 unspecified atom stereocenters. The second-order valence-corrected chi connectivity index (χ2v) is 5.22. The molecule has 1 heterocycles. The number of halogens is 1. The maximum Gasteiger partial charge on any atom is 0.412 e. The molecule has 1 aromatic carbocycles. The van der Waals surface area contributed by atoms with Crippen LogP contribution in [0.15, 0.2) is 30.3 Å². The van der Waals surface area contributed by atoms with Crippen molar-refractivity contribution >= 4 is 40.0 Å². The van der Waals surface area contributed by atoms with Gasteiger partial charge in [0.15, 0.2) is 10.2 Å². The van der Waals surface area contributed by atoms with Crippen LogP contribution in [0, 0.1) is 0 Å². The second kappa shape index (κ2) is 6.36. The highest BCUT2D eigenvalue weighted by Gasteiger charge is 2.19. The van der Waals surface area contributed by atoms with Gasteiger partial charge in [0.05, 0.1) is 0 Å². The number of hydrogen-bond donors (Lipinski definition) is 2. The molecule has 6 nitrogen and oxygen atoms in total. The number of anilines is 1. The van der Waals surface area contributed by atoms with Crippen LogP contribution in [-0.4, -0.2) is 22.2 Å². The first-order valence-corrected chi connectivity index (χ1v) is 6.63. The summed E-state index contributed by atoms with van der Waals surface area (Å²) in [5.74, 6) is -1.27. The van der Waals surface area contributed by atoms with Crippen molar-refractivity contribution in [2.75, 3.05) is 5.32 Å². The zero-order chi connectivity index (χ0) is 14.5. The summed E-state index contributed by atoms with van der Waals surface area (Å²) < 4.78 is 5.00. The highest BCUT2D eigenvalue weighted by Crippen LogP contribution is 2.28. The van der Waals surface area contributed by atoms with Gasteiger partial charge in [-0.25, -0.2) is 14.6 Å². The van der Waals surface area contributed by atoms with E-state index in [0.29, 0.717) is 0 Å². The number of carboxylic acids is 1. The minimum Gasteiger partial charge on any atom is -0.476 e. The van der Waals surface area contributed by atoms with E-state index in [-0.39, 0.29) is 21.8 Å². The Morgan fingerprint density at radius 1 is 1.35 bits per heavy atom. The van der Waals surface area contributed by atoms with E-state index in [4.69, 9.17) is 21.4 Å². The number of rotatable bonds is 4. The summed E-state index contributed by atoms with van der Waals surface area (Å²) in [6, 6.07) is 9.10. The van der Waals surface area contributed by atoms with Crippen molar-refractivity contribution in [2.45, 2.75) is 6.61 Å². The standard InChI is InChI=1S/C12H9ClN2O4S/c13-11-14-8(10(16)17)9(20-11)15-12(18)19-6-7-4-2-1-3-5-7/h1-5H,6H2,(H,15,18)(H,16,17). The summed E-state index contributed by atoms with van der Waals surface area (Å²) in [6.45, 7) is 0.0849. The van der Waals surface area contributed by atoms with Gasteiger partial charge < -0.3 is 9.84 Å². The summed E-state index contributed by atoms with van der Waals surface area (Å²) in [7, 11) is 0. The summed E-state index contributed by atoms with van der Waals surface area (Å²) in [6.07, 6.45) is -0.767. The fourth-order valence-corrected chi connectivity index (χ4v) is 2.36. The molecule has 0 atom stereocenters. The van der Waals surface area contributed by atoms with Crippen LogP contribution in [0.3, 0.4) is 0 Å². The molecule has 0 spiro atoms. The average molecular weight is 313 g/mol. The van der Waals surface area contributed by atoms with Gasteiger partial charge in [-0.2, -0.15) is 0 Å². The largest absolute Gasteiger partial charge is 0.476 e. The number of aromatic nitrogens is 1. The van der Waals surface area contributed by atoms with Gasteiger partial charge in [0.25, 0.3) is 0 Å². The van der Waals surface area contributed by atoms with Crippen molar-refractivity contribution in [1.82, 2.24) is 4.98 Å². The minimum absolute atomic E-state index is 0.0285. The van der Waals surface area contributed by atoms with E-state index in [9.17, 15) is 9.59 Å². The van der Waals surface area contributed by atoms with Gasteiger partial charge >= 0.3 is 12.1 Å². The Bertz CT molecular complexity index is 630. The van der Waals surface area contributed by atoms with Crippen LogP contribution in [0.4, 0.5) is 9.80 Å². The summed E-state index contributed by atoms with van der Waals surface area (Å²) in [5, 5.41) is 11.2. The molecule has 104 valence electrons. The zero-order valence-corrected chi connectivity index (χ0v) is 11.6. The van der Waals surface area contributed by atoms with Gasteiger partial charge in [0, 0.05) is 0 Å². The lowest BCUT2D eigenvalue weighted by molar-refractivity contribution is 0.0692. The topological polar surface area (TPSA) is 88.5 Å². The number of carbonyl (C=O) groups is 2. The lowest BCUT2D eigenvalue weighted by Crippen LogP contribution is -2.14. The Hall–Kier alpha value is -2.12. The fourth-order valence-electron chi connectivity index (χ4n) is 1.38. The molecule has 0 aliphatic rings. The number of amides is 1. The first kappa shape index (κ1) is 14.3. The van der Waals surface area contributed by atoms with Crippen LogP contribution in [0.2, 0.25) is 4.47 Å². The molecule has 20 heavy (non-hydrogen) atoms. The minimum atomic E-state index is -1.27. The van der Waals surface area contributed by atoms with Crippen molar-refractivity contribution < 1.29 is 19.4 Å². The van der Waals surface area contributed by atoms with Crippen LogP contribution in [0.5, 0.6) is 0 Å². The normalized spacial score (nSPS) is 10.1. The van der Waals surface area contributed by atoms with Crippen LogP contribution in [0.1, 0.15) is 16.1 Å². The number of thiazole rings is 1. The highest BCUT2D eigenvalue weighted by atomic mass is 35.5. The molecule has 0 aliphatic carbocycles. The molecular formula is C12H9ClN2O4S. The lowest BCUT2D eigenvalue weighted by atomic mass is 10.2. The number of nitrogens with one attached hydrogen (secondary N) is 1. The van der Waals surface area contributed by atoms with E-state index in [1.807, 2.05) is 18.2 Å². The number of carboxylic acid groups (broad SMARTS) is 1. The Kier molecular flexibility index (Phi) is 4.54. The lowest BCUT2D eigenvalue weighted by Gasteiger charge is -2.05. The number of hydrogen-bond acceptors (Lipinski definition) is 5. The van der Waals surface area contributed by atoms with Crippen LogP contribution in [0.25, 0.3) is 0 Å². The highest BCUT2D eigenvalue weighted by molar-refractivity contribution is 7.20. The van der Waals surface area contributed by atoms with E-state index in [0.717, 1.165) is 16.9 Å². The fraction of sp³-hybridized carbons (Fsp3) is 0.0833. The molecule has 2 aromatic rings. The van der Waals surface area contributed by atoms with Crippen molar-refractivity contribution in [3.8, 4) is 0 Å². The van der Waals surface area contributed by atoms with Gasteiger partial charge in [-0.3, -0.25) is 5.32 Å². The van der Waals surface area contributed by atoms with Crippen LogP contribution >= 0.6 is 22.9 Å². The monoisotopic (exact) mass is 312 g/mol. The number of nitrogens with zero attached hydrogens (tertiary/aromatic N) is 1. The van der Waals surface area contributed by atoms with E-state index < -0.39 is 12.1 Å². The van der Waals surface area contributed by atoms with Crippen molar-refractivity contribution in [1.29, 1.82) is 0 Å². The van der Waals surface area contributed by atoms with Crippen LogP contribution in [-0.2, 0) is 11.3 Å². The molecule has 2 rings (SSSR count). The number of carbonyl (C=O) groups excluding carboxylic acids is 1. The first-order valence-electron chi connectivity index (χ1n) is 5.43. The van der Waals surface area contributed by atoms with Gasteiger partial charge in [0.1, 0.15) is 11.6 Å². The third-order valence-corrected chi connectivity index (χ3v) is 3.31. The van der Waals surface area contributed by atoms with Crippen molar-refractivity contribution in [3.05, 3.63) is 46.1 Å². The molecule has 2 N–H and O–H groups in total. The van der Waals surface area contributed by atoms with Gasteiger partial charge in [-0.1, -0.05) is 53.3 Å². The second-order valence-electron chi connectivity index (χ2n) is 3.64. The molecule has 8 heteroatoms. The van der Waals surface area contributed by atoms with Gasteiger partial charge in [-0.05, 0) is 5.56 Å². The molecule has 0 saturated heterocycles. The van der Waals surface area contributed by atoms with E-state index in [1.165, 1.54) is 0 Å². The van der Waals surface area contributed by atoms with E-state index in [2.05, 4.69) is 10.3 Å². The predicted octanol–water partition coefficient (Wildman–Crippen LogP) is 3.24. The number of ether oxygens (including phenoxy) is 1. The maximum atomic E-state index is 11.6. The summed E-state index contributed by atoms with van der Waals surface area (Å²) in [4.78, 5) is 26.1. The quantitative estimate of drug-likeness (QED) is 0.904. The third-order valence-electron chi connectivity index (χ3n) is 2.23. The van der Waals surface area contributed by atoms with Gasteiger partial charge in [0.2, 0.25) is 0 Å².